The molecule has 1 unspecified atom stereocenters. The molecule has 0 aromatic heterocycles. The van der Waals surface area contributed by atoms with Crippen molar-refractivity contribution in [1.29, 1.82) is 0 Å². The summed E-state index contributed by atoms with van der Waals surface area (Å²) in [5.41, 5.74) is 0.510. The highest BCUT2D eigenvalue weighted by Gasteiger charge is 2.25. The van der Waals surface area contributed by atoms with Crippen molar-refractivity contribution in [3.05, 3.63) is 48.5 Å². The average Bonchev–Trinajstić information content (AvgIpc) is 3.04. The van der Waals surface area contributed by atoms with Crippen molar-refractivity contribution in [2.75, 3.05) is 25.5 Å². The lowest BCUT2D eigenvalue weighted by atomic mass is 10.2. The Kier molecular flexibility index (Phi) is 7.33. The fourth-order valence-corrected chi connectivity index (χ4v) is 4.83. The van der Waals surface area contributed by atoms with E-state index in [9.17, 15) is 13.2 Å². The largest absolute Gasteiger partial charge is 0.497 e. The lowest BCUT2D eigenvalue weighted by Crippen LogP contribution is -2.32. The minimum Gasteiger partial charge on any atom is -0.497 e. The van der Waals surface area contributed by atoms with Crippen LogP contribution in [0.2, 0.25) is 0 Å². The second kappa shape index (κ2) is 9.95. The summed E-state index contributed by atoms with van der Waals surface area (Å²) in [4.78, 5) is 12.7. The van der Waals surface area contributed by atoms with Crippen molar-refractivity contribution in [3.63, 3.8) is 0 Å². The SMILES string of the molecule is COc1cccc(OC(C)C(=O)Nc2ccc(S(=O)(=O)N3CCCCCC3)cc2)c1. The van der Waals surface area contributed by atoms with E-state index in [1.165, 1.54) is 12.1 Å². The first kappa shape index (κ1) is 22.1. The molecule has 1 atom stereocenters. The highest BCUT2D eigenvalue weighted by atomic mass is 32.2. The van der Waals surface area contributed by atoms with Crippen LogP contribution in [0.1, 0.15) is 32.6 Å². The van der Waals surface area contributed by atoms with Crippen molar-refractivity contribution >= 4 is 21.6 Å². The highest BCUT2D eigenvalue weighted by Crippen LogP contribution is 2.23. The molecule has 0 radical (unpaired) electrons. The number of benzene rings is 2. The number of hydrogen-bond donors (Lipinski definition) is 1. The van der Waals surface area contributed by atoms with Gasteiger partial charge in [0.05, 0.1) is 12.0 Å². The van der Waals surface area contributed by atoms with E-state index in [-0.39, 0.29) is 10.8 Å². The van der Waals surface area contributed by atoms with Gasteiger partial charge in [-0.3, -0.25) is 4.79 Å². The Morgan fingerprint density at radius 1 is 1.00 bits per heavy atom. The molecule has 1 fully saturated rings. The quantitative estimate of drug-likeness (QED) is 0.722. The topological polar surface area (TPSA) is 84.9 Å². The summed E-state index contributed by atoms with van der Waals surface area (Å²) in [7, 11) is -1.95. The molecule has 1 aliphatic heterocycles. The van der Waals surface area contributed by atoms with Crippen molar-refractivity contribution in [3.8, 4) is 11.5 Å². The molecule has 0 bridgehead atoms. The van der Waals surface area contributed by atoms with Crippen molar-refractivity contribution in [2.45, 2.75) is 43.6 Å². The number of sulfonamides is 1. The molecule has 0 spiro atoms. The third-order valence-corrected chi connectivity index (χ3v) is 6.96. The number of methoxy groups -OCH3 is 1. The zero-order chi connectivity index (χ0) is 21.6. The predicted octanol–water partition coefficient (Wildman–Crippen LogP) is 3.67. The number of hydrogen-bond acceptors (Lipinski definition) is 5. The second-order valence-corrected chi connectivity index (χ2v) is 9.21. The smallest absolute Gasteiger partial charge is 0.265 e. The Hall–Kier alpha value is -2.58. The maximum Gasteiger partial charge on any atom is 0.265 e. The Morgan fingerprint density at radius 3 is 2.27 bits per heavy atom. The van der Waals surface area contributed by atoms with Gasteiger partial charge in [-0.25, -0.2) is 8.42 Å². The molecular formula is C22H28N2O5S. The van der Waals surface area contributed by atoms with Gasteiger partial charge >= 0.3 is 0 Å². The van der Waals surface area contributed by atoms with Crippen LogP contribution in [0.25, 0.3) is 0 Å². The van der Waals surface area contributed by atoms with Crippen molar-refractivity contribution in [1.82, 2.24) is 4.31 Å². The molecule has 162 valence electrons. The Labute approximate surface area is 178 Å². The molecule has 1 heterocycles. The van der Waals surface area contributed by atoms with E-state index < -0.39 is 16.1 Å². The van der Waals surface area contributed by atoms with Crippen molar-refractivity contribution in [2.24, 2.45) is 0 Å². The summed E-state index contributed by atoms with van der Waals surface area (Å²) >= 11 is 0. The first-order chi connectivity index (χ1) is 14.4. The van der Waals surface area contributed by atoms with E-state index in [1.54, 1.807) is 54.7 Å². The van der Waals surface area contributed by atoms with Crippen LogP contribution in [0, 0.1) is 0 Å². The van der Waals surface area contributed by atoms with Crippen LogP contribution in [-0.2, 0) is 14.8 Å². The molecule has 1 amide bonds. The summed E-state index contributed by atoms with van der Waals surface area (Å²) in [5, 5.41) is 2.76. The van der Waals surface area contributed by atoms with Gasteiger partial charge in [-0.2, -0.15) is 4.31 Å². The third kappa shape index (κ3) is 5.52. The number of carbonyl (C=O) groups excluding carboxylic acids is 1. The predicted molar refractivity (Wildman–Crippen MR) is 115 cm³/mol. The first-order valence-corrected chi connectivity index (χ1v) is 11.6. The number of rotatable bonds is 7. The van der Waals surface area contributed by atoms with E-state index in [4.69, 9.17) is 9.47 Å². The number of ether oxygens (including phenoxy) is 2. The summed E-state index contributed by atoms with van der Waals surface area (Å²) in [6.07, 6.45) is 3.16. The molecule has 2 aromatic rings. The molecule has 1 aliphatic rings. The number of anilines is 1. The molecule has 1 saturated heterocycles. The standard InChI is InChI=1S/C22H28N2O5S/c1-17(29-20-9-7-8-19(16-20)28-2)22(25)23-18-10-12-21(13-11-18)30(26,27)24-14-5-3-4-6-15-24/h7-13,16-17H,3-6,14-15H2,1-2H3,(H,23,25). The highest BCUT2D eigenvalue weighted by molar-refractivity contribution is 7.89. The molecule has 0 saturated carbocycles. The molecule has 2 aromatic carbocycles. The van der Waals surface area contributed by atoms with Crippen LogP contribution < -0.4 is 14.8 Å². The van der Waals surface area contributed by atoms with Crippen LogP contribution in [-0.4, -0.2) is 44.9 Å². The number of amides is 1. The van der Waals surface area contributed by atoms with Gasteiger partial charge in [-0.05, 0) is 56.2 Å². The number of nitrogens with one attached hydrogen (secondary N) is 1. The normalized spacial score (nSPS) is 16.3. The van der Waals surface area contributed by atoms with Crippen molar-refractivity contribution < 1.29 is 22.7 Å². The van der Waals surface area contributed by atoms with Gasteiger partial charge in [0.15, 0.2) is 6.10 Å². The van der Waals surface area contributed by atoms with Gasteiger partial charge in [0.2, 0.25) is 10.0 Å². The zero-order valence-electron chi connectivity index (χ0n) is 17.3. The van der Waals surface area contributed by atoms with Gasteiger partial charge < -0.3 is 14.8 Å². The summed E-state index contributed by atoms with van der Waals surface area (Å²) in [6, 6.07) is 13.3. The minimum atomic E-state index is -3.51. The molecule has 1 N–H and O–H groups in total. The lowest BCUT2D eigenvalue weighted by Gasteiger charge is -2.20. The first-order valence-electron chi connectivity index (χ1n) is 10.1. The number of nitrogens with zero attached hydrogens (tertiary/aromatic N) is 1. The molecule has 7 nitrogen and oxygen atoms in total. The minimum absolute atomic E-state index is 0.239. The van der Waals surface area contributed by atoms with Crippen LogP contribution >= 0.6 is 0 Å². The van der Waals surface area contributed by atoms with E-state index in [0.29, 0.717) is 30.3 Å². The van der Waals surface area contributed by atoms with E-state index in [0.717, 1.165) is 25.7 Å². The Morgan fingerprint density at radius 2 is 1.63 bits per heavy atom. The average molecular weight is 433 g/mol. The molecule has 8 heteroatoms. The van der Waals surface area contributed by atoms with E-state index >= 15 is 0 Å². The summed E-state index contributed by atoms with van der Waals surface area (Å²) < 4.78 is 38.1. The second-order valence-electron chi connectivity index (χ2n) is 7.27. The fourth-order valence-electron chi connectivity index (χ4n) is 3.32. The number of carbonyl (C=O) groups is 1. The van der Waals surface area contributed by atoms with Gasteiger partial charge in [-0.15, -0.1) is 0 Å². The van der Waals surface area contributed by atoms with Gasteiger partial charge in [0, 0.05) is 24.8 Å². The van der Waals surface area contributed by atoms with Crippen LogP contribution in [0.5, 0.6) is 11.5 Å². The Bertz CT molecular complexity index is 952. The third-order valence-electron chi connectivity index (χ3n) is 5.05. The van der Waals surface area contributed by atoms with E-state index in [1.807, 2.05) is 0 Å². The maximum absolute atomic E-state index is 12.8. The van der Waals surface area contributed by atoms with E-state index in [2.05, 4.69) is 5.32 Å². The van der Waals surface area contributed by atoms with Gasteiger partial charge in [0.1, 0.15) is 11.5 Å². The zero-order valence-corrected chi connectivity index (χ0v) is 18.2. The maximum atomic E-state index is 12.8. The molecular weight excluding hydrogens is 404 g/mol. The van der Waals surface area contributed by atoms with Crippen LogP contribution in [0.15, 0.2) is 53.4 Å². The Balaban J connectivity index is 1.62. The molecule has 30 heavy (non-hydrogen) atoms. The molecule has 3 rings (SSSR count). The van der Waals surface area contributed by atoms with Gasteiger partial charge in [0.25, 0.3) is 5.91 Å². The van der Waals surface area contributed by atoms with Crippen LogP contribution in [0.4, 0.5) is 5.69 Å². The summed E-state index contributed by atoms with van der Waals surface area (Å²) in [6.45, 7) is 2.76. The monoisotopic (exact) mass is 432 g/mol. The fraction of sp³-hybridized carbons (Fsp3) is 0.409. The lowest BCUT2D eigenvalue weighted by molar-refractivity contribution is -0.122. The molecule has 0 aliphatic carbocycles. The van der Waals surface area contributed by atoms with Crippen LogP contribution in [0.3, 0.4) is 0 Å². The van der Waals surface area contributed by atoms with Gasteiger partial charge in [-0.1, -0.05) is 18.9 Å². The summed E-state index contributed by atoms with van der Waals surface area (Å²) in [5.74, 6) is 0.832.